The fourth-order valence-electron chi connectivity index (χ4n) is 7.40. The molecule has 36 heavy (non-hydrogen) atoms. The fraction of sp³-hybridized carbons (Fsp3) is 0.625. The van der Waals surface area contributed by atoms with E-state index in [1.54, 1.807) is 11.1 Å². The second-order valence-corrected chi connectivity index (χ2v) is 12.9. The summed E-state index contributed by atoms with van der Waals surface area (Å²) in [5.41, 5.74) is 3.68. The van der Waals surface area contributed by atoms with Crippen LogP contribution in [0.15, 0.2) is 60.7 Å². The summed E-state index contributed by atoms with van der Waals surface area (Å²) < 4.78 is 2.46. The monoisotopic (exact) mass is 490 g/mol. The smallest absolute Gasteiger partial charge is 0.0796 e. The van der Waals surface area contributed by atoms with Gasteiger partial charge in [-0.05, 0) is 11.1 Å². The molecule has 0 saturated carbocycles. The largest absolute Gasteiger partial charge is 0.326 e. The Morgan fingerprint density at radius 3 is 1.25 bits per heavy atom. The molecule has 0 unspecified atom stereocenters. The minimum atomic E-state index is 0.293. The Morgan fingerprint density at radius 1 is 0.528 bits per heavy atom. The standard InChI is InChI=1S/C32H50N4/c1-35-21-9-19-33-28-32(30-13-7-4-8-14-30)17-25-36(2,26-18-32)22-10-20-34-27-31(15-23-35,16-24-35)29-11-5-3-6-12-29/h3-8,11-14,33-34H,9-10,15-28H2,1-2H3/q+2. The number of hydrogen-bond donors (Lipinski definition) is 2. The summed E-state index contributed by atoms with van der Waals surface area (Å²) in [4.78, 5) is 0. The third-order valence-corrected chi connectivity index (χ3v) is 10.3. The van der Waals surface area contributed by atoms with Gasteiger partial charge in [-0.15, -0.1) is 0 Å². The lowest BCUT2D eigenvalue weighted by atomic mass is 9.71. The molecule has 6 heterocycles. The van der Waals surface area contributed by atoms with E-state index in [2.05, 4.69) is 85.4 Å². The van der Waals surface area contributed by atoms with Gasteiger partial charge in [-0.25, -0.2) is 0 Å². The molecule has 0 spiro atoms. The van der Waals surface area contributed by atoms with Crippen molar-refractivity contribution in [3.63, 3.8) is 0 Å². The summed E-state index contributed by atoms with van der Waals surface area (Å²) in [6, 6.07) is 22.8. The van der Waals surface area contributed by atoms with Crippen molar-refractivity contribution in [2.75, 3.05) is 79.5 Å². The predicted molar refractivity (Wildman–Crippen MR) is 151 cm³/mol. The lowest BCUT2D eigenvalue weighted by molar-refractivity contribution is -0.916. The van der Waals surface area contributed by atoms with Crippen LogP contribution in [0.1, 0.15) is 49.7 Å². The zero-order valence-electron chi connectivity index (χ0n) is 23.0. The van der Waals surface area contributed by atoms with Crippen molar-refractivity contribution in [3.05, 3.63) is 71.8 Å². The number of benzene rings is 2. The quantitative estimate of drug-likeness (QED) is 0.613. The number of nitrogens with one attached hydrogen (secondary N) is 2. The van der Waals surface area contributed by atoms with Crippen molar-refractivity contribution in [3.8, 4) is 0 Å². The van der Waals surface area contributed by atoms with E-state index in [1.165, 1.54) is 86.8 Å². The second kappa shape index (κ2) is 10.9. The SMILES string of the molecule is C[N+]12CCCNCC3(c4ccccc4)CC[N+](C)(CCCNCC(c4ccccc4)(CC1)CC2)CC3. The van der Waals surface area contributed by atoms with Gasteiger partial charge < -0.3 is 19.6 Å². The molecule has 0 radical (unpaired) electrons. The molecule has 2 N–H and O–H groups in total. The number of hydrogen-bond acceptors (Lipinski definition) is 2. The van der Waals surface area contributed by atoms with E-state index in [1.807, 2.05) is 0 Å². The maximum atomic E-state index is 3.95. The minimum absolute atomic E-state index is 0.293. The summed E-state index contributed by atoms with van der Waals surface area (Å²) in [6.07, 6.45) is 7.70. The number of quaternary nitrogens is 2. The Hall–Kier alpha value is -1.72. The molecule has 2 aromatic carbocycles. The average molecular weight is 491 g/mol. The summed E-state index contributed by atoms with van der Waals surface area (Å²) in [5, 5.41) is 7.90. The van der Waals surface area contributed by atoms with E-state index in [-0.39, 0.29) is 0 Å². The van der Waals surface area contributed by atoms with Crippen LogP contribution in [0.3, 0.4) is 0 Å². The van der Waals surface area contributed by atoms with Gasteiger partial charge >= 0.3 is 0 Å². The predicted octanol–water partition coefficient (Wildman–Crippen LogP) is 4.32. The van der Waals surface area contributed by atoms with Crippen LogP contribution in [0.5, 0.6) is 0 Å². The maximum absolute atomic E-state index is 3.95. The van der Waals surface area contributed by atoms with Crippen molar-refractivity contribution in [2.45, 2.75) is 49.4 Å². The molecule has 0 amide bonds. The Kier molecular flexibility index (Phi) is 7.88. The van der Waals surface area contributed by atoms with Crippen LogP contribution in [-0.4, -0.2) is 88.5 Å². The highest BCUT2D eigenvalue weighted by Crippen LogP contribution is 2.38. The molecule has 2 aromatic rings. The highest BCUT2D eigenvalue weighted by molar-refractivity contribution is 5.27. The van der Waals surface area contributed by atoms with Crippen LogP contribution in [0.25, 0.3) is 0 Å². The Labute approximate surface area is 220 Å². The normalized spacial score (nSPS) is 36.7. The van der Waals surface area contributed by atoms with Crippen LogP contribution in [0.4, 0.5) is 0 Å². The third-order valence-electron chi connectivity index (χ3n) is 10.3. The van der Waals surface area contributed by atoms with Gasteiger partial charge in [-0.3, -0.25) is 0 Å². The maximum Gasteiger partial charge on any atom is 0.0796 e. The third kappa shape index (κ3) is 5.72. The molecule has 8 rings (SSSR count). The summed E-state index contributed by atoms with van der Waals surface area (Å²) in [5.74, 6) is 0. The lowest BCUT2D eigenvalue weighted by Gasteiger charge is -2.48. The number of rotatable bonds is 2. The van der Waals surface area contributed by atoms with Gasteiger partial charge in [-0.1, -0.05) is 60.7 Å². The minimum Gasteiger partial charge on any atom is -0.326 e. The molecule has 4 nitrogen and oxygen atoms in total. The summed E-state index contributed by atoms with van der Waals surface area (Å²) >= 11 is 0. The molecule has 0 aliphatic carbocycles. The van der Waals surface area contributed by atoms with E-state index in [4.69, 9.17) is 0 Å². The van der Waals surface area contributed by atoms with E-state index >= 15 is 0 Å². The van der Waals surface area contributed by atoms with Gasteiger partial charge in [0.25, 0.3) is 0 Å². The fourth-order valence-corrected chi connectivity index (χ4v) is 7.40. The van der Waals surface area contributed by atoms with E-state index < -0.39 is 0 Å². The zero-order valence-corrected chi connectivity index (χ0v) is 23.0. The first-order chi connectivity index (χ1) is 17.5. The van der Waals surface area contributed by atoms with E-state index in [9.17, 15) is 0 Å². The Balaban J connectivity index is 1.31. The number of piperidine rings is 2. The highest BCUT2D eigenvalue weighted by Gasteiger charge is 2.43. The molecule has 4 bridgehead atoms. The first-order valence-electron chi connectivity index (χ1n) is 14.6. The highest BCUT2D eigenvalue weighted by atomic mass is 15.3. The van der Waals surface area contributed by atoms with Gasteiger partial charge in [0.15, 0.2) is 0 Å². The first kappa shape index (κ1) is 25.9. The van der Waals surface area contributed by atoms with Crippen molar-refractivity contribution >= 4 is 0 Å². The van der Waals surface area contributed by atoms with Crippen LogP contribution < -0.4 is 10.6 Å². The van der Waals surface area contributed by atoms with Gasteiger partial charge in [0, 0.05) is 75.5 Å². The molecular weight excluding hydrogens is 440 g/mol. The molecule has 4 heteroatoms. The Morgan fingerprint density at radius 2 is 0.889 bits per heavy atom. The molecular formula is C32H50N4+2. The molecule has 0 aromatic heterocycles. The lowest BCUT2D eigenvalue weighted by Crippen LogP contribution is -2.58. The molecule has 0 atom stereocenters. The van der Waals surface area contributed by atoms with Crippen molar-refractivity contribution in [1.29, 1.82) is 0 Å². The van der Waals surface area contributed by atoms with Crippen molar-refractivity contribution in [1.82, 2.24) is 10.6 Å². The van der Waals surface area contributed by atoms with Gasteiger partial charge in [0.1, 0.15) is 0 Å². The molecule has 6 aliphatic heterocycles. The summed E-state index contributed by atoms with van der Waals surface area (Å²) in [6.45, 7) is 12.3. The summed E-state index contributed by atoms with van der Waals surface area (Å²) in [7, 11) is 5.01. The van der Waals surface area contributed by atoms with Crippen molar-refractivity contribution in [2.24, 2.45) is 0 Å². The van der Waals surface area contributed by atoms with Gasteiger partial charge in [0.2, 0.25) is 0 Å². The molecule has 6 saturated heterocycles. The van der Waals surface area contributed by atoms with E-state index in [0.717, 1.165) is 26.2 Å². The van der Waals surface area contributed by atoms with Crippen LogP contribution in [-0.2, 0) is 10.8 Å². The van der Waals surface area contributed by atoms with Crippen LogP contribution in [0.2, 0.25) is 0 Å². The zero-order chi connectivity index (χ0) is 25.0. The molecule has 6 aliphatic rings. The van der Waals surface area contributed by atoms with Gasteiger partial charge in [0.05, 0.1) is 53.4 Å². The molecule has 6 fully saturated rings. The van der Waals surface area contributed by atoms with Crippen LogP contribution in [0, 0.1) is 0 Å². The average Bonchev–Trinajstić information content (AvgIpc) is 2.92. The first-order valence-corrected chi connectivity index (χ1v) is 14.6. The molecule has 196 valence electrons. The number of nitrogens with zero attached hydrogens (tertiary/aromatic N) is 2. The van der Waals surface area contributed by atoms with Crippen molar-refractivity contribution < 1.29 is 8.97 Å². The Bertz CT molecular complexity index is 861. The van der Waals surface area contributed by atoms with Gasteiger partial charge in [-0.2, -0.15) is 0 Å². The van der Waals surface area contributed by atoms with Crippen LogP contribution >= 0.6 is 0 Å². The second-order valence-electron chi connectivity index (χ2n) is 12.9. The topological polar surface area (TPSA) is 24.1 Å². The van der Waals surface area contributed by atoms with E-state index in [0.29, 0.717) is 10.8 Å².